The number of aromatic nitrogens is 1. The van der Waals surface area contributed by atoms with Crippen LogP contribution in [0.1, 0.15) is 18.2 Å². The third-order valence-electron chi connectivity index (χ3n) is 3.90. The summed E-state index contributed by atoms with van der Waals surface area (Å²) in [7, 11) is 0. The van der Waals surface area contributed by atoms with E-state index in [1.165, 1.54) is 10.8 Å². The summed E-state index contributed by atoms with van der Waals surface area (Å²) in [6, 6.07) is 12.6. The van der Waals surface area contributed by atoms with E-state index >= 15 is 0 Å². The fourth-order valence-corrected chi connectivity index (χ4v) is 2.96. The van der Waals surface area contributed by atoms with Crippen LogP contribution < -0.4 is 0 Å². The standard InChI is InChI=1S/C19H15NO/c1-3-7-18-12(4-2)15-10-14-13-8-5-6-9-16(13)20-17(14)11-19(15)21-18/h3-11,20H,2H2,1H3/b7-3-. The molecule has 4 rings (SSSR count). The smallest absolute Gasteiger partial charge is 0.137 e. The zero-order valence-electron chi connectivity index (χ0n) is 11.8. The van der Waals surface area contributed by atoms with Crippen molar-refractivity contribution in [2.24, 2.45) is 0 Å². The molecule has 0 fully saturated rings. The van der Waals surface area contributed by atoms with Gasteiger partial charge in [0.05, 0.1) is 5.52 Å². The van der Waals surface area contributed by atoms with Gasteiger partial charge in [0.15, 0.2) is 0 Å². The van der Waals surface area contributed by atoms with Gasteiger partial charge in [0.2, 0.25) is 0 Å². The van der Waals surface area contributed by atoms with Crippen molar-refractivity contribution in [2.75, 3.05) is 0 Å². The Balaban J connectivity index is 2.16. The Morgan fingerprint density at radius 1 is 1.05 bits per heavy atom. The summed E-state index contributed by atoms with van der Waals surface area (Å²) < 4.78 is 5.96. The van der Waals surface area contributed by atoms with Crippen molar-refractivity contribution in [2.45, 2.75) is 6.92 Å². The average molecular weight is 273 g/mol. The summed E-state index contributed by atoms with van der Waals surface area (Å²) in [6.07, 6.45) is 5.82. The molecule has 0 atom stereocenters. The predicted octanol–water partition coefficient (Wildman–Crippen LogP) is 5.74. The van der Waals surface area contributed by atoms with E-state index in [0.717, 1.165) is 33.3 Å². The molecule has 0 aliphatic rings. The highest BCUT2D eigenvalue weighted by Crippen LogP contribution is 2.34. The molecule has 2 aromatic carbocycles. The SMILES string of the molecule is C=Cc1c(/C=C\C)oc2cc3[nH]c4ccccc4c3cc12. The third kappa shape index (κ3) is 1.66. The van der Waals surface area contributed by atoms with Crippen molar-refractivity contribution < 1.29 is 4.42 Å². The number of aromatic amines is 1. The Kier molecular flexibility index (Phi) is 2.51. The van der Waals surface area contributed by atoms with E-state index in [1.807, 2.05) is 31.2 Å². The fraction of sp³-hybridized carbons (Fsp3) is 0.0526. The summed E-state index contributed by atoms with van der Waals surface area (Å²) in [6.45, 7) is 5.91. The molecule has 2 heterocycles. The molecule has 4 aromatic rings. The Labute approximate surface area is 122 Å². The largest absolute Gasteiger partial charge is 0.456 e. The maximum Gasteiger partial charge on any atom is 0.137 e. The van der Waals surface area contributed by atoms with Crippen LogP contribution >= 0.6 is 0 Å². The first-order chi connectivity index (χ1) is 10.3. The van der Waals surface area contributed by atoms with Gasteiger partial charge in [-0.15, -0.1) is 0 Å². The van der Waals surface area contributed by atoms with E-state index < -0.39 is 0 Å². The summed E-state index contributed by atoms with van der Waals surface area (Å²) in [5.74, 6) is 0.861. The number of nitrogens with one attached hydrogen (secondary N) is 1. The fourth-order valence-electron chi connectivity index (χ4n) is 2.96. The maximum atomic E-state index is 5.96. The van der Waals surface area contributed by atoms with Crippen LogP contribution in [-0.4, -0.2) is 4.98 Å². The minimum Gasteiger partial charge on any atom is -0.456 e. The number of fused-ring (bicyclic) bond motifs is 4. The van der Waals surface area contributed by atoms with Gasteiger partial charge >= 0.3 is 0 Å². The van der Waals surface area contributed by atoms with Gasteiger partial charge < -0.3 is 9.40 Å². The Hall–Kier alpha value is -2.74. The number of furan rings is 1. The predicted molar refractivity (Wildman–Crippen MR) is 90.4 cm³/mol. The number of hydrogen-bond donors (Lipinski definition) is 1. The monoisotopic (exact) mass is 273 g/mol. The first-order valence-corrected chi connectivity index (χ1v) is 7.04. The number of rotatable bonds is 2. The first kappa shape index (κ1) is 12.0. The minimum absolute atomic E-state index is 0.861. The lowest BCUT2D eigenvalue weighted by Crippen LogP contribution is -1.73. The van der Waals surface area contributed by atoms with Crippen LogP contribution in [0.3, 0.4) is 0 Å². The summed E-state index contributed by atoms with van der Waals surface area (Å²) in [4.78, 5) is 3.45. The Bertz CT molecular complexity index is 1010. The van der Waals surface area contributed by atoms with Crippen LogP contribution in [0.2, 0.25) is 0 Å². The maximum absolute atomic E-state index is 5.96. The van der Waals surface area contributed by atoms with Crippen LogP contribution in [-0.2, 0) is 0 Å². The molecule has 2 aromatic heterocycles. The van der Waals surface area contributed by atoms with Gasteiger partial charge in [-0.1, -0.05) is 36.9 Å². The molecule has 0 saturated heterocycles. The molecular formula is C19H15NO. The van der Waals surface area contributed by atoms with E-state index in [-0.39, 0.29) is 0 Å². The van der Waals surface area contributed by atoms with Gasteiger partial charge in [0, 0.05) is 33.3 Å². The lowest BCUT2D eigenvalue weighted by Gasteiger charge is -1.93. The molecule has 0 bridgehead atoms. The minimum atomic E-state index is 0.861. The number of H-pyrrole nitrogens is 1. The molecule has 0 saturated carbocycles. The van der Waals surface area contributed by atoms with Crippen LogP contribution in [0.25, 0.3) is 44.9 Å². The van der Waals surface area contributed by atoms with E-state index in [9.17, 15) is 0 Å². The van der Waals surface area contributed by atoms with E-state index in [2.05, 4.69) is 41.9 Å². The highest BCUT2D eigenvalue weighted by atomic mass is 16.3. The van der Waals surface area contributed by atoms with Crippen molar-refractivity contribution in [3.63, 3.8) is 0 Å². The van der Waals surface area contributed by atoms with Gasteiger partial charge in [-0.25, -0.2) is 0 Å². The highest BCUT2D eigenvalue weighted by Gasteiger charge is 2.13. The highest BCUT2D eigenvalue weighted by molar-refractivity contribution is 6.12. The molecule has 0 unspecified atom stereocenters. The van der Waals surface area contributed by atoms with Gasteiger partial charge in [-0.3, -0.25) is 0 Å². The van der Waals surface area contributed by atoms with Crippen molar-refractivity contribution in [1.82, 2.24) is 4.98 Å². The molecular weight excluding hydrogens is 258 g/mol. The molecule has 0 amide bonds. The summed E-state index contributed by atoms with van der Waals surface area (Å²) in [5.41, 5.74) is 4.18. The van der Waals surface area contributed by atoms with Crippen molar-refractivity contribution >= 4 is 44.9 Å². The van der Waals surface area contributed by atoms with Gasteiger partial charge in [0.1, 0.15) is 11.3 Å². The van der Waals surface area contributed by atoms with Crippen LogP contribution in [0.4, 0.5) is 0 Å². The van der Waals surface area contributed by atoms with E-state index in [1.54, 1.807) is 0 Å². The molecule has 0 aliphatic carbocycles. The van der Waals surface area contributed by atoms with Crippen molar-refractivity contribution in [1.29, 1.82) is 0 Å². The molecule has 0 radical (unpaired) electrons. The molecule has 21 heavy (non-hydrogen) atoms. The molecule has 0 aliphatic heterocycles. The van der Waals surface area contributed by atoms with Gasteiger partial charge in [-0.05, 0) is 25.1 Å². The Morgan fingerprint density at radius 2 is 1.90 bits per heavy atom. The molecule has 2 nitrogen and oxygen atoms in total. The molecule has 102 valence electrons. The average Bonchev–Trinajstić information content (AvgIpc) is 3.02. The summed E-state index contributed by atoms with van der Waals surface area (Å²) in [5, 5.41) is 3.56. The Morgan fingerprint density at radius 3 is 2.71 bits per heavy atom. The third-order valence-corrected chi connectivity index (χ3v) is 3.90. The second-order valence-corrected chi connectivity index (χ2v) is 5.15. The zero-order valence-corrected chi connectivity index (χ0v) is 11.8. The lowest BCUT2D eigenvalue weighted by atomic mass is 10.1. The van der Waals surface area contributed by atoms with E-state index in [4.69, 9.17) is 4.42 Å². The quantitative estimate of drug-likeness (QED) is 0.495. The summed E-state index contributed by atoms with van der Waals surface area (Å²) >= 11 is 0. The number of hydrogen-bond acceptors (Lipinski definition) is 1. The topological polar surface area (TPSA) is 28.9 Å². The van der Waals surface area contributed by atoms with Crippen molar-refractivity contribution in [3.05, 3.63) is 60.4 Å². The molecule has 1 N–H and O–H groups in total. The van der Waals surface area contributed by atoms with Gasteiger partial charge in [0.25, 0.3) is 0 Å². The van der Waals surface area contributed by atoms with Crippen LogP contribution in [0, 0.1) is 0 Å². The van der Waals surface area contributed by atoms with E-state index in [0.29, 0.717) is 0 Å². The van der Waals surface area contributed by atoms with Crippen LogP contribution in [0.15, 0.2) is 53.5 Å². The second-order valence-electron chi connectivity index (χ2n) is 5.15. The molecule has 0 spiro atoms. The number of allylic oxidation sites excluding steroid dienone is 1. The van der Waals surface area contributed by atoms with Crippen LogP contribution in [0.5, 0.6) is 0 Å². The van der Waals surface area contributed by atoms with Gasteiger partial charge in [-0.2, -0.15) is 0 Å². The van der Waals surface area contributed by atoms with Crippen molar-refractivity contribution in [3.8, 4) is 0 Å². The second kappa shape index (κ2) is 4.38. The first-order valence-electron chi connectivity index (χ1n) is 7.04. The number of benzene rings is 2. The normalized spacial score (nSPS) is 12.0. The lowest BCUT2D eigenvalue weighted by molar-refractivity contribution is 0.603. The molecule has 2 heteroatoms. The zero-order chi connectivity index (χ0) is 14.4. The number of para-hydroxylation sites is 1.